The molecule has 1 N–H and O–H groups in total. The number of esters is 1. The van der Waals surface area contributed by atoms with E-state index in [4.69, 9.17) is 4.74 Å². The maximum atomic E-state index is 12.6. The number of hydrogen-bond acceptors (Lipinski definition) is 9. The summed E-state index contributed by atoms with van der Waals surface area (Å²) in [7, 11) is 0. The van der Waals surface area contributed by atoms with Crippen LogP contribution in [0.15, 0.2) is 41.8 Å². The Balaban J connectivity index is 1.36. The minimum atomic E-state index is -1.36. The highest BCUT2D eigenvalue weighted by Crippen LogP contribution is 2.37. The number of nitrogens with one attached hydrogen (secondary N) is 1. The second-order valence-corrected chi connectivity index (χ2v) is 9.29. The van der Waals surface area contributed by atoms with Gasteiger partial charge in [-0.2, -0.15) is 0 Å². The molecule has 3 atom stereocenters. The van der Waals surface area contributed by atoms with Crippen LogP contribution >= 0.6 is 23.1 Å². The first kappa shape index (κ1) is 22.0. The van der Waals surface area contributed by atoms with Crippen LogP contribution in [0.3, 0.4) is 0 Å². The van der Waals surface area contributed by atoms with Gasteiger partial charge in [0.25, 0.3) is 5.69 Å². The van der Waals surface area contributed by atoms with Crippen LogP contribution < -0.4 is 5.32 Å². The number of thioether (sulfide) groups is 1. The molecule has 0 spiro atoms. The molecule has 2 aliphatic heterocycles. The van der Waals surface area contributed by atoms with Crippen LogP contribution in [0.2, 0.25) is 0 Å². The summed E-state index contributed by atoms with van der Waals surface area (Å²) in [6, 6.07) is 6.95. The third-order valence-electron chi connectivity index (χ3n) is 5.04. The Bertz CT molecular complexity index is 1070. The summed E-state index contributed by atoms with van der Waals surface area (Å²) in [4.78, 5) is 62.1. The van der Waals surface area contributed by atoms with Gasteiger partial charge in [0.05, 0.1) is 17.1 Å². The number of fused-ring (bicyclic) bond motifs is 1. The number of ether oxygens (including phenoxy) is 1. The van der Waals surface area contributed by atoms with E-state index < -0.39 is 40.0 Å². The Kier molecular flexibility index (Phi) is 6.24. The normalized spacial score (nSPS) is 22.0. The van der Waals surface area contributed by atoms with Gasteiger partial charge in [-0.25, -0.2) is 4.79 Å². The molecule has 1 aromatic carbocycles. The number of carbonyl (C=O) groups excluding carboxylic acids is 4. The van der Waals surface area contributed by atoms with Crippen LogP contribution in [-0.4, -0.2) is 56.6 Å². The zero-order valence-corrected chi connectivity index (χ0v) is 18.1. The maximum Gasteiger partial charge on any atom is 0.337 e. The van der Waals surface area contributed by atoms with Crippen molar-refractivity contribution in [1.29, 1.82) is 0 Å². The van der Waals surface area contributed by atoms with Gasteiger partial charge < -0.3 is 15.0 Å². The molecule has 3 heterocycles. The molecular weight excluding hydrogens is 458 g/mol. The lowest BCUT2D eigenvalue weighted by Gasteiger charge is -2.51. The van der Waals surface area contributed by atoms with Crippen LogP contribution in [-0.2, 0) is 36.9 Å². The van der Waals surface area contributed by atoms with E-state index in [2.05, 4.69) is 5.32 Å². The number of β-lactam (4-membered cyclic amide) rings is 1. The fraction of sp³-hybridized carbons (Fsp3) is 0.300. The van der Waals surface area contributed by atoms with Crippen molar-refractivity contribution in [1.82, 2.24) is 10.2 Å². The van der Waals surface area contributed by atoms with Gasteiger partial charge in [-0.3, -0.25) is 24.5 Å². The number of ketones is 1. The number of thiophene rings is 1. The van der Waals surface area contributed by atoms with E-state index >= 15 is 0 Å². The third-order valence-corrected chi connectivity index (χ3v) is 7.21. The molecule has 0 saturated carbocycles. The predicted molar refractivity (Wildman–Crippen MR) is 115 cm³/mol. The second kappa shape index (κ2) is 9.09. The number of benzene rings is 1. The number of nitro benzene ring substituents is 1. The Hall–Kier alpha value is -3.25. The van der Waals surface area contributed by atoms with E-state index in [0.29, 0.717) is 5.56 Å². The smallest absolute Gasteiger partial charge is 0.337 e. The first-order valence-corrected chi connectivity index (χ1v) is 11.5. The van der Waals surface area contributed by atoms with Gasteiger partial charge in [0.2, 0.25) is 11.8 Å². The lowest BCUT2D eigenvalue weighted by molar-refractivity contribution is -0.384. The molecule has 4 rings (SSSR count). The molecule has 2 amide bonds. The zero-order chi connectivity index (χ0) is 22.8. The number of nitrogens with zero attached hydrogens (tertiary/aromatic N) is 2. The molecule has 166 valence electrons. The summed E-state index contributed by atoms with van der Waals surface area (Å²) in [5.74, 6) is -2.11. The standard InChI is InChI=1S/C20H17N3O7S2/c24-14-10-32-19-16(21-15(25)8-13-2-1-7-31-13)18(26)22(19)17(14)20(27)30-9-11-3-5-12(6-4-11)23(28)29/h1-7,16-17,19H,8-10H2,(H,21,25)/t16-,17?,19+/m1/s1. The number of non-ortho nitro benzene ring substituents is 1. The largest absolute Gasteiger partial charge is 0.459 e. The molecule has 0 bridgehead atoms. The van der Waals surface area contributed by atoms with Crippen molar-refractivity contribution in [3.05, 3.63) is 62.3 Å². The highest BCUT2D eigenvalue weighted by Gasteiger charge is 2.58. The Morgan fingerprint density at radius 2 is 1.97 bits per heavy atom. The van der Waals surface area contributed by atoms with Gasteiger partial charge in [0.15, 0.2) is 11.8 Å². The summed E-state index contributed by atoms with van der Waals surface area (Å²) in [5.41, 5.74) is 0.410. The van der Waals surface area contributed by atoms with Crippen LogP contribution in [0.5, 0.6) is 0 Å². The van der Waals surface area contributed by atoms with Crippen molar-refractivity contribution in [3.8, 4) is 0 Å². The van der Waals surface area contributed by atoms with Gasteiger partial charge in [-0.1, -0.05) is 6.07 Å². The van der Waals surface area contributed by atoms with Crippen LogP contribution in [0.25, 0.3) is 0 Å². The minimum Gasteiger partial charge on any atom is -0.459 e. The molecule has 32 heavy (non-hydrogen) atoms. The summed E-state index contributed by atoms with van der Waals surface area (Å²) >= 11 is 2.63. The molecule has 12 heteroatoms. The quantitative estimate of drug-likeness (QED) is 0.208. The first-order valence-electron chi connectivity index (χ1n) is 9.53. The number of hydrogen-bond donors (Lipinski definition) is 1. The van der Waals surface area contributed by atoms with Crippen LogP contribution in [0, 0.1) is 10.1 Å². The molecule has 1 unspecified atom stereocenters. The van der Waals surface area contributed by atoms with Crippen molar-refractivity contribution in [2.75, 3.05) is 5.75 Å². The van der Waals surface area contributed by atoms with Crippen molar-refractivity contribution >= 4 is 52.4 Å². The maximum absolute atomic E-state index is 12.6. The summed E-state index contributed by atoms with van der Waals surface area (Å²) in [6.45, 7) is -0.193. The van der Waals surface area contributed by atoms with Crippen molar-refractivity contribution in [2.24, 2.45) is 0 Å². The Morgan fingerprint density at radius 3 is 2.62 bits per heavy atom. The number of nitro groups is 1. The molecular formula is C20H17N3O7S2. The molecule has 1 aromatic heterocycles. The van der Waals surface area contributed by atoms with Gasteiger partial charge in [0, 0.05) is 17.0 Å². The number of amides is 2. The topological polar surface area (TPSA) is 136 Å². The molecule has 2 fully saturated rings. The molecule has 0 radical (unpaired) electrons. The average Bonchev–Trinajstić information content (AvgIpc) is 3.28. The fourth-order valence-corrected chi connectivity index (χ4v) is 5.42. The molecule has 0 aliphatic carbocycles. The average molecular weight is 476 g/mol. The van der Waals surface area contributed by atoms with E-state index in [1.54, 1.807) is 0 Å². The number of Topliss-reactive ketones (excluding diaryl/α,β-unsaturated/α-hetero) is 1. The lowest BCUT2D eigenvalue weighted by atomic mass is 10.00. The molecule has 2 aromatic rings. The second-order valence-electron chi connectivity index (χ2n) is 7.15. The zero-order valence-electron chi connectivity index (χ0n) is 16.5. The van der Waals surface area contributed by atoms with E-state index in [1.165, 1.54) is 47.4 Å². The lowest BCUT2D eigenvalue weighted by Crippen LogP contribution is -2.76. The summed E-state index contributed by atoms with van der Waals surface area (Å²) in [6.07, 6.45) is 0.151. The van der Waals surface area contributed by atoms with E-state index in [9.17, 15) is 29.3 Å². The molecule has 10 nitrogen and oxygen atoms in total. The number of carbonyl (C=O) groups is 4. The van der Waals surface area contributed by atoms with E-state index in [-0.39, 0.29) is 30.4 Å². The van der Waals surface area contributed by atoms with Crippen molar-refractivity contribution in [2.45, 2.75) is 30.5 Å². The Morgan fingerprint density at radius 1 is 1.22 bits per heavy atom. The SMILES string of the molecule is O=C(Cc1cccs1)N[C@@H]1C(=O)N2C(C(=O)OCc3ccc([N+](=O)[O-])cc3)C(=O)CS[C@@H]12. The Labute approximate surface area is 190 Å². The number of rotatable bonds is 7. The first-order chi connectivity index (χ1) is 15.3. The highest BCUT2D eigenvalue weighted by molar-refractivity contribution is 8.00. The summed E-state index contributed by atoms with van der Waals surface area (Å²) < 4.78 is 5.21. The monoisotopic (exact) mass is 475 g/mol. The van der Waals surface area contributed by atoms with Gasteiger partial charge in [-0.05, 0) is 29.1 Å². The third kappa shape index (κ3) is 4.36. The van der Waals surface area contributed by atoms with Gasteiger partial charge in [0.1, 0.15) is 18.0 Å². The van der Waals surface area contributed by atoms with Gasteiger partial charge in [-0.15, -0.1) is 23.1 Å². The highest BCUT2D eigenvalue weighted by atomic mass is 32.2. The minimum absolute atomic E-state index is 0.0169. The molecule has 2 saturated heterocycles. The van der Waals surface area contributed by atoms with Crippen molar-refractivity contribution in [3.63, 3.8) is 0 Å². The van der Waals surface area contributed by atoms with Crippen LogP contribution in [0.1, 0.15) is 10.4 Å². The predicted octanol–water partition coefficient (Wildman–Crippen LogP) is 1.28. The fourth-order valence-electron chi connectivity index (χ4n) is 3.46. The summed E-state index contributed by atoms with van der Waals surface area (Å²) in [5, 5.41) is 14.7. The van der Waals surface area contributed by atoms with E-state index in [0.717, 1.165) is 9.78 Å². The molecule has 2 aliphatic rings. The van der Waals surface area contributed by atoms with E-state index in [1.807, 2.05) is 17.5 Å². The van der Waals surface area contributed by atoms with Crippen molar-refractivity contribution < 1.29 is 28.8 Å². The van der Waals surface area contributed by atoms with Crippen LogP contribution in [0.4, 0.5) is 5.69 Å². The van der Waals surface area contributed by atoms with Gasteiger partial charge >= 0.3 is 5.97 Å².